The normalized spacial score (nSPS) is 11.6. The summed E-state index contributed by atoms with van der Waals surface area (Å²) in [5.41, 5.74) is 0.328. The molecule has 0 bridgehead atoms. The Morgan fingerprint density at radius 3 is 2.30 bits per heavy atom. The second-order valence-electron chi connectivity index (χ2n) is 4.19. The highest BCUT2D eigenvalue weighted by Crippen LogP contribution is 2.34. The van der Waals surface area contributed by atoms with Gasteiger partial charge in [-0.3, -0.25) is 0 Å². The average molecular weight is 354 g/mol. The van der Waals surface area contributed by atoms with E-state index in [-0.39, 0.29) is 0 Å². The summed E-state index contributed by atoms with van der Waals surface area (Å²) < 4.78 is 65.1. The van der Waals surface area contributed by atoms with Gasteiger partial charge in [0.15, 0.2) is 11.5 Å². The molecule has 5 nitrogen and oxygen atoms in total. The van der Waals surface area contributed by atoms with Gasteiger partial charge in [-0.1, -0.05) is 11.6 Å². The zero-order valence-corrected chi connectivity index (χ0v) is 11.5. The second kappa shape index (κ2) is 5.61. The molecule has 2 rings (SSSR count). The lowest BCUT2D eigenvalue weighted by atomic mass is 10.1. The number of nitrogen functional groups attached to an aromatic ring is 1. The highest BCUT2D eigenvalue weighted by molar-refractivity contribution is 6.35. The number of carboxylic acids is 1. The largest absolute Gasteiger partial charge is 0.476 e. The number of alkyl halides is 3. The molecular weight excluding hydrogens is 349 g/mol. The van der Waals surface area contributed by atoms with Crippen molar-refractivity contribution in [1.82, 2.24) is 9.97 Å². The molecule has 0 radical (unpaired) electrons. The zero-order chi connectivity index (χ0) is 17.5. The predicted molar refractivity (Wildman–Crippen MR) is 68.8 cm³/mol. The topological polar surface area (TPSA) is 89.1 Å². The highest BCUT2D eigenvalue weighted by atomic mass is 35.5. The molecule has 0 fully saturated rings. The standard InChI is InChI=1S/C12H5ClF5N3O2/c13-5-7(19)6(14)8(21-9(5)11(22)23)3-1-2-4(12(16,17)18)20-10(3)15/h1-2H,(H2,19,21)(H,22,23). The highest BCUT2D eigenvalue weighted by Gasteiger charge is 2.34. The van der Waals surface area contributed by atoms with Crippen LogP contribution in [0.25, 0.3) is 11.3 Å². The summed E-state index contributed by atoms with van der Waals surface area (Å²) >= 11 is 5.51. The number of hydrogen-bond donors (Lipinski definition) is 2. The number of aromatic carboxylic acids is 1. The van der Waals surface area contributed by atoms with Crippen molar-refractivity contribution in [3.05, 3.63) is 40.3 Å². The number of rotatable bonds is 2. The molecule has 0 aliphatic rings. The Morgan fingerprint density at radius 2 is 1.83 bits per heavy atom. The third kappa shape index (κ3) is 3.02. The van der Waals surface area contributed by atoms with Crippen LogP contribution < -0.4 is 5.73 Å². The minimum absolute atomic E-state index is 0.394. The Hall–Kier alpha value is -2.49. The molecule has 0 aromatic carbocycles. The molecular formula is C12H5ClF5N3O2. The predicted octanol–water partition coefficient (Wildman–Crippen LogP) is 3.37. The average Bonchev–Trinajstić information content (AvgIpc) is 2.44. The van der Waals surface area contributed by atoms with E-state index < -0.39 is 57.3 Å². The second-order valence-corrected chi connectivity index (χ2v) is 4.57. The molecule has 11 heteroatoms. The third-order valence-corrected chi connectivity index (χ3v) is 3.09. The fourth-order valence-electron chi connectivity index (χ4n) is 1.65. The van der Waals surface area contributed by atoms with E-state index in [1.807, 2.05) is 0 Å². The van der Waals surface area contributed by atoms with Crippen molar-refractivity contribution in [3.63, 3.8) is 0 Å². The first-order chi connectivity index (χ1) is 10.5. The van der Waals surface area contributed by atoms with E-state index in [4.69, 9.17) is 22.4 Å². The van der Waals surface area contributed by atoms with Gasteiger partial charge in [0.05, 0.1) is 16.3 Å². The van der Waals surface area contributed by atoms with Gasteiger partial charge in [-0.15, -0.1) is 0 Å². The lowest BCUT2D eigenvalue weighted by molar-refractivity contribution is -0.141. The summed E-state index contributed by atoms with van der Waals surface area (Å²) in [6, 6.07) is 0.959. The lowest BCUT2D eigenvalue weighted by Gasteiger charge is -2.11. The molecule has 0 amide bonds. The smallest absolute Gasteiger partial charge is 0.433 e. The molecule has 23 heavy (non-hydrogen) atoms. The van der Waals surface area contributed by atoms with Gasteiger partial charge in [0.1, 0.15) is 11.4 Å². The number of hydrogen-bond acceptors (Lipinski definition) is 4. The van der Waals surface area contributed by atoms with E-state index >= 15 is 0 Å². The fourth-order valence-corrected chi connectivity index (χ4v) is 1.86. The van der Waals surface area contributed by atoms with Gasteiger partial charge in [0.25, 0.3) is 0 Å². The first kappa shape index (κ1) is 16.9. The molecule has 0 spiro atoms. The Kier molecular flexibility index (Phi) is 4.12. The van der Waals surface area contributed by atoms with Crippen LogP contribution in [0.15, 0.2) is 12.1 Å². The van der Waals surface area contributed by atoms with Gasteiger partial charge in [0.2, 0.25) is 5.95 Å². The summed E-state index contributed by atoms with van der Waals surface area (Å²) in [6.45, 7) is 0. The van der Waals surface area contributed by atoms with Crippen LogP contribution in [-0.4, -0.2) is 21.0 Å². The fraction of sp³-hybridized carbons (Fsp3) is 0.0833. The molecule has 122 valence electrons. The number of carbonyl (C=O) groups is 1. The summed E-state index contributed by atoms with van der Waals surface area (Å²) in [5.74, 6) is -4.74. The number of nitrogens with two attached hydrogens (primary N) is 1. The van der Waals surface area contributed by atoms with Crippen molar-refractivity contribution in [3.8, 4) is 11.3 Å². The van der Waals surface area contributed by atoms with Crippen LogP contribution in [-0.2, 0) is 6.18 Å². The van der Waals surface area contributed by atoms with Gasteiger partial charge >= 0.3 is 12.1 Å². The van der Waals surface area contributed by atoms with Crippen molar-refractivity contribution in [2.24, 2.45) is 0 Å². The Bertz CT molecular complexity index is 810. The first-order valence-electron chi connectivity index (χ1n) is 5.66. The molecule has 0 aliphatic carbocycles. The van der Waals surface area contributed by atoms with Crippen molar-refractivity contribution in [2.75, 3.05) is 5.73 Å². The number of carboxylic acid groups (broad SMARTS) is 1. The van der Waals surface area contributed by atoms with Gasteiger partial charge < -0.3 is 10.8 Å². The quantitative estimate of drug-likeness (QED) is 0.638. The van der Waals surface area contributed by atoms with Crippen molar-refractivity contribution < 1.29 is 31.9 Å². The number of aromatic nitrogens is 2. The van der Waals surface area contributed by atoms with Crippen LogP contribution in [0.2, 0.25) is 5.02 Å². The van der Waals surface area contributed by atoms with Crippen LogP contribution >= 0.6 is 11.6 Å². The molecule has 0 aliphatic heterocycles. The van der Waals surface area contributed by atoms with Crippen LogP contribution in [0.4, 0.5) is 27.6 Å². The summed E-state index contributed by atoms with van der Waals surface area (Å²) in [4.78, 5) is 16.9. The van der Waals surface area contributed by atoms with Gasteiger partial charge in [-0.2, -0.15) is 17.6 Å². The number of halogens is 6. The minimum atomic E-state index is -4.91. The lowest BCUT2D eigenvalue weighted by Crippen LogP contribution is -2.11. The molecule has 0 saturated heterocycles. The van der Waals surface area contributed by atoms with Crippen LogP contribution in [0.1, 0.15) is 16.2 Å². The molecule has 2 aromatic heterocycles. The van der Waals surface area contributed by atoms with E-state index in [0.717, 1.165) is 0 Å². The summed E-state index contributed by atoms with van der Waals surface area (Å²) in [5, 5.41) is 8.18. The number of nitrogens with zero attached hydrogens (tertiary/aromatic N) is 2. The van der Waals surface area contributed by atoms with Crippen molar-refractivity contribution >= 4 is 23.3 Å². The molecule has 3 N–H and O–H groups in total. The molecule has 0 unspecified atom stereocenters. The molecule has 0 atom stereocenters. The van der Waals surface area contributed by atoms with Crippen LogP contribution in [0.5, 0.6) is 0 Å². The van der Waals surface area contributed by atoms with Crippen LogP contribution in [0, 0.1) is 11.8 Å². The van der Waals surface area contributed by atoms with E-state index in [1.54, 1.807) is 0 Å². The van der Waals surface area contributed by atoms with E-state index in [2.05, 4.69) is 9.97 Å². The van der Waals surface area contributed by atoms with Gasteiger partial charge in [0, 0.05) is 0 Å². The Balaban J connectivity index is 2.70. The zero-order valence-electron chi connectivity index (χ0n) is 10.7. The van der Waals surface area contributed by atoms with Gasteiger partial charge in [-0.25, -0.2) is 19.2 Å². The van der Waals surface area contributed by atoms with Crippen LogP contribution in [0.3, 0.4) is 0 Å². The maximum Gasteiger partial charge on any atom is 0.433 e. The summed E-state index contributed by atoms with van der Waals surface area (Å²) in [7, 11) is 0. The van der Waals surface area contributed by atoms with Crippen molar-refractivity contribution in [2.45, 2.75) is 6.18 Å². The first-order valence-corrected chi connectivity index (χ1v) is 6.03. The Morgan fingerprint density at radius 1 is 1.22 bits per heavy atom. The van der Waals surface area contributed by atoms with E-state index in [0.29, 0.717) is 12.1 Å². The minimum Gasteiger partial charge on any atom is -0.476 e. The SMILES string of the molecule is Nc1c(F)c(-c2ccc(C(F)(F)F)nc2F)nc(C(=O)O)c1Cl. The van der Waals surface area contributed by atoms with E-state index in [1.165, 1.54) is 0 Å². The number of pyridine rings is 2. The summed E-state index contributed by atoms with van der Waals surface area (Å²) in [6.07, 6.45) is -4.91. The third-order valence-electron chi connectivity index (χ3n) is 2.71. The molecule has 2 heterocycles. The van der Waals surface area contributed by atoms with Crippen molar-refractivity contribution in [1.29, 1.82) is 0 Å². The Labute approximate surface area is 129 Å². The maximum atomic E-state index is 14.0. The number of anilines is 1. The molecule has 2 aromatic rings. The molecule has 0 saturated carbocycles. The van der Waals surface area contributed by atoms with E-state index in [9.17, 15) is 26.7 Å². The monoisotopic (exact) mass is 353 g/mol. The maximum absolute atomic E-state index is 14.0. The van der Waals surface area contributed by atoms with Gasteiger partial charge in [-0.05, 0) is 12.1 Å².